The number of benzene rings is 1. The van der Waals surface area contributed by atoms with Crippen molar-refractivity contribution in [1.82, 2.24) is 9.80 Å². The van der Waals surface area contributed by atoms with Gasteiger partial charge >= 0.3 is 0 Å². The van der Waals surface area contributed by atoms with E-state index in [0.717, 1.165) is 17.7 Å². The van der Waals surface area contributed by atoms with E-state index in [1.807, 2.05) is 29.2 Å². The van der Waals surface area contributed by atoms with Gasteiger partial charge in [-0.1, -0.05) is 12.1 Å². The highest BCUT2D eigenvalue weighted by Crippen LogP contribution is 2.40. The first-order chi connectivity index (χ1) is 12.0. The fraction of sp³-hybridized carbons (Fsp3) is 0.579. The maximum absolute atomic E-state index is 13.2. The Kier molecular flexibility index (Phi) is 4.99. The summed E-state index contributed by atoms with van der Waals surface area (Å²) in [4.78, 5) is 29.1. The van der Waals surface area contributed by atoms with Crippen LogP contribution in [0.4, 0.5) is 0 Å². The molecule has 0 bridgehead atoms. The third-order valence-electron chi connectivity index (χ3n) is 5.64. The van der Waals surface area contributed by atoms with Crippen molar-refractivity contribution in [1.29, 1.82) is 0 Å². The number of hydrogen-bond donors (Lipinski definition) is 1. The number of nitrogens with zero attached hydrogens (tertiary/aromatic N) is 2. The molecule has 1 aromatic carbocycles. The standard InChI is InChI=1S/C19H27N3O3/c1-12-8-13(10-20)11-22(12)19(24)16-9-17(23)21(2)18(16)14-4-6-15(25-3)7-5-14/h4-7,12-13,16,18H,8-11,20H2,1-3H3. The van der Waals surface area contributed by atoms with Crippen molar-refractivity contribution in [3.05, 3.63) is 29.8 Å². The molecule has 2 aliphatic heterocycles. The average molecular weight is 345 g/mol. The molecular formula is C19H27N3O3. The molecule has 25 heavy (non-hydrogen) atoms. The van der Waals surface area contributed by atoms with Gasteiger partial charge in [0.05, 0.1) is 19.1 Å². The van der Waals surface area contributed by atoms with Crippen LogP contribution < -0.4 is 10.5 Å². The Hall–Kier alpha value is -2.08. The fourth-order valence-electron chi connectivity index (χ4n) is 4.18. The summed E-state index contributed by atoms with van der Waals surface area (Å²) in [6.07, 6.45) is 1.20. The molecule has 6 nitrogen and oxygen atoms in total. The van der Waals surface area contributed by atoms with Gasteiger partial charge in [0.1, 0.15) is 5.75 Å². The number of methoxy groups -OCH3 is 1. The summed E-state index contributed by atoms with van der Waals surface area (Å²) in [6, 6.07) is 7.57. The minimum absolute atomic E-state index is 0.0152. The van der Waals surface area contributed by atoms with Gasteiger partial charge in [-0.05, 0) is 43.5 Å². The number of carbonyl (C=O) groups excluding carboxylic acids is 2. The van der Waals surface area contributed by atoms with E-state index in [1.54, 1.807) is 19.1 Å². The zero-order chi connectivity index (χ0) is 18.1. The molecule has 2 aliphatic rings. The molecule has 4 atom stereocenters. The second kappa shape index (κ2) is 7.04. The van der Waals surface area contributed by atoms with Crippen molar-refractivity contribution in [3.8, 4) is 5.75 Å². The molecule has 0 radical (unpaired) electrons. The largest absolute Gasteiger partial charge is 0.497 e. The molecule has 1 aromatic rings. The van der Waals surface area contributed by atoms with Crippen LogP contribution in [0.2, 0.25) is 0 Å². The Bertz CT molecular complexity index is 646. The molecule has 2 saturated heterocycles. The Morgan fingerprint density at radius 3 is 2.56 bits per heavy atom. The fourth-order valence-corrected chi connectivity index (χ4v) is 4.18. The van der Waals surface area contributed by atoms with E-state index in [9.17, 15) is 9.59 Å². The van der Waals surface area contributed by atoms with Gasteiger partial charge in [0.15, 0.2) is 0 Å². The Labute approximate surface area is 148 Å². The minimum Gasteiger partial charge on any atom is -0.497 e. The van der Waals surface area contributed by atoms with Crippen LogP contribution in [-0.4, -0.2) is 54.9 Å². The van der Waals surface area contributed by atoms with Crippen molar-refractivity contribution in [2.45, 2.75) is 31.8 Å². The van der Waals surface area contributed by atoms with Crippen LogP contribution in [0.3, 0.4) is 0 Å². The summed E-state index contributed by atoms with van der Waals surface area (Å²) >= 11 is 0. The van der Waals surface area contributed by atoms with E-state index < -0.39 is 0 Å². The number of hydrogen-bond acceptors (Lipinski definition) is 4. The third-order valence-corrected chi connectivity index (χ3v) is 5.64. The minimum atomic E-state index is -0.343. The highest BCUT2D eigenvalue weighted by molar-refractivity contribution is 5.90. The van der Waals surface area contributed by atoms with Crippen LogP contribution in [-0.2, 0) is 9.59 Å². The smallest absolute Gasteiger partial charge is 0.228 e. The monoisotopic (exact) mass is 345 g/mol. The van der Waals surface area contributed by atoms with Gasteiger partial charge in [-0.3, -0.25) is 9.59 Å². The number of carbonyl (C=O) groups is 2. The number of amides is 2. The molecule has 2 amide bonds. The quantitative estimate of drug-likeness (QED) is 0.895. The average Bonchev–Trinajstić information content (AvgIpc) is 3.14. The van der Waals surface area contributed by atoms with Gasteiger partial charge in [-0.15, -0.1) is 0 Å². The maximum atomic E-state index is 13.2. The van der Waals surface area contributed by atoms with E-state index in [2.05, 4.69) is 6.92 Å². The zero-order valence-electron chi connectivity index (χ0n) is 15.1. The summed E-state index contributed by atoms with van der Waals surface area (Å²) in [5.41, 5.74) is 6.76. The maximum Gasteiger partial charge on any atom is 0.228 e. The molecule has 2 fully saturated rings. The highest BCUT2D eigenvalue weighted by Gasteiger charge is 2.46. The molecule has 0 saturated carbocycles. The number of rotatable bonds is 4. The molecule has 0 spiro atoms. The first-order valence-corrected chi connectivity index (χ1v) is 8.86. The van der Waals surface area contributed by atoms with Crippen LogP contribution in [0, 0.1) is 11.8 Å². The lowest BCUT2D eigenvalue weighted by atomic mass is 9.92. The van der Waals surface area contributed by atoms with Crippen molar-refractivity contribution >= 4 is 11.8 Å². The van der Waals surface area contributed by atoms with Gasteiger partial charge in [0.2, 0.25) is 11.8 Å². The van der Waals surface area contributed by atoms with Crippen molar-refractivity contribution in [2.24, 2.45) is 17.6 Å². The predicted molar refractivity (Wildman–Crippen MR) is 94.9 cm³/mol. The number of ether oxygens (including phenoxy) is 1. The van der Waals surface area contributed by atoms with Gasteiger partial charge in [-0.25, -0.2) is 0 Å². The lowest BCUT2D eigenvalue weighted by molar-refractivity contribution is -0.137. The lowest BCUT2D eigenvalue weighted by Gasteiger charge is -2.30. The predicted octanol–water partition coefficient (Wildman–Crippen LogP) is 1.41. The SMILES string of the molecule is COc1ccc(C2C(C(=O)N3CC(CN)CC3C)CC(=O)N2C)cc1. The Morgan fingerprint density at radius 1 is 1.32 bits per heavy atom. The van der Waals surface area contributed by atoms with Crippen LogP contribution in [0.15, 0.2) is 24.3 Å². The van der Waals surface area contributed by atoms with Crippen molar-refractivity contribution in [3.63, 3.8) is 0 Å². The van der Waals surface area contributed by atoms with E-state index in [0.29, 0.717) is 19.0 Å². The number of nitrogens with two attached hydrogens (primary N) is 1. The van der Waals surface area contributed by atoms with Gasteiger partial charge < -0.3 is 20.3 Å². The van der Waals surface area contributed by atoms with Crippen LogP contribution >= 0.6 is 0 Å². The zero-order valence-corrected chi connectivity index (χ0v) is 15.1. The van der Waals surface area contributed by atoms with E-state index >= 15 is 0 Å². The summed E-state index contributed by atoms with van der Waals surface area (Å²) < 4.78 is 5.21. The summed E-state index contributed by atoms with van der Waals surface area (Å²) in [7, 11) is 3.40. The second-order valence-corrected chi connectivity index (χ2v) is 7.21. The molecule has 2 N–H and O–H groups in total. The second-order valence-electron chi connectivity index (χ2n) is 7.21. The summed E-state index contributed by atoms with van der Waals surface area (Å²) in [5, 5.41) is 0. The normalized spacial score (nSPS) is 29.4. The molecule has 2 heterocycles. The van der Waals surface area contributed by atoms with Crippen LogP contribution in [0.5, 0.6) is 5.75 Å². The summed E-state index contributed by atoms with van der Waals surface area (Å²) in [5.74, 6) is 0.860. The van der Waals surface area contributed by atoms with E-state index in [-0.39, 0.29) is 36.2 Å². The molecule has 136 valence electrons. The molecule has 4 unspecified atom stereocenters. The third kappa shape index (κ3) is 3.23. The van der Waals surface area contributed by atoms with Gasteiger partial charge in [0, 0.05) is 26.1 Å². The first-order valence-electron chi connectivity index (χ1n) is 8.86. The van der Waals surface area contributed by atoms with Crippen LogP contribution in [0.1, 0.15) is 31.4 Å². The molecule has 6 heteroatoms. The van der Waals surface area contributed by atoms with Crippen molar-refractivity contribution < 1.29 is 14.3 Å². The Morgan fingerprint density at radius 2 is 2.00 bits per heavy atom. The van der Waals surface area contributed by atoms with E-state index in [4.69, 9.17) is 10.5 Å². The molecule has 3 rings (SSSR count). The highest BCUT2D eigenvalue weighted by atomic mass is 16.5. The summed E-state index contributed by atoms with van der Waals surface area (Å²) in [6.45, 7) is 3.36. The Balaban J connectivity index is 1.85. The van der Waals surface area contributed by atoms with Gasteiger partial charge in [-0.2, -0.15) is 0 Å². The molecule has 0 aliphatic carbocycles. The number of likely N-dealkylation sites (tertiary alicyclic amines) is 2. The van der Waals surface area contributed by atoms with E-state index in [1.165, 1.54) is 0 Å². The molecule has 0 aromatic heterocycles. The lowest BCUT2D eigenvalue weighted by Crippen LogP contribution is -2.40. The van der Waals surface area contributed by atoms with Crippen LogP contribution in [0.25, 0.3) is 0 Å². The van der Waals surface area contributed by atoms with Crippen molar-refractivity contribution in [2.75, 3.05) is 27.2 Å². The topological polar surface area (TPSA) is 75.9 Å². The first kappa shape index (κ1) is 17.7. The van der Waals surface area contributed by atoms with Gasteiger partial charge in [0.25, 0.3) is 0 Å². The molecular weight excluding hydrogens is 318 g/mol.